The summed E-state index contributed by atoms with van der Waals surface area (Å²) in [6, 6.07) is 8.80. The molecule has 4 heterocycles. The van der Waals surface area contributed by atoms with E-state index in [9.17, 15) is 30.0 Å². The molecule has 194 valence electrons. The van der Waals surface area contributed by atoms with Gasteiger partial charge < -0.3 is 44.1 Å². The lowest BCUT2D eigenvalue weighted by molar-refractivity contribution is -0.400. The van der Waals surface area contributed by atoms with Gasteiger partial charge in [0.05, 0.1) is 36.8 Å². The van der Waals surface area contributed by atoms with Crippen molar-refractivity contribution in [2.24, 2.45) is 17.3 Å². The second-order valence-corrected chi connectivity index (χ2v) is 10.0. The summed E-state index contributed by atoms with van der Waals surface area (Å²) < 4.78 is 29.0. The van der Waals surface area contributed by atoms with Crippen molar-refractivity contribution in [3.05, 3.63) is 48.6 Å². The van der Waals surface area contributed by atoms with Crippen LogP contribution in [0.25, 0.3) is 0 Å². The summed E-state index contributed by atoms with van der Waals surface area (Å²) in [7, 11) is 0. The van der Waals surface area contributed by atoms with Gasteiger partial charge in [-0.05, 0) is 5.56 Å². The summed E-state index contributed by atoms with van der Waals surface area (Å²) >= 11 is 0. The van der Waals surface area contributed by atoms with Crippen molar-refractivity contribution < 1.29 is 53.7 Å². The first-order chi connectivity index (χ1) is 17.3. The Balaban J connectivity index is 1.52. The Labute approximate surface area is 206 Å². The molecule has 4 N–H and O–H groups in total. The molecule has 0 radical (unpaired) electrons. The molecule has 5 fully saturated rings. The van der Waals surface area contributed by atoms with Crippen molar-refractivity contribution in [2.45, 2.75) is 61.0 Å². The van der Waals surface area contributed by atoms with Crippen LogP contribution in [0.15, 0.2) is 43.0 Å². The van der Waals surface area contributed by atoms with E-state index in [-0.39, 0.29) is 13.0 Å². The van der Waals surface area contributed by atoms with Gasteiger partial charge in [0.25, 0.3) is 0 Å². The van der Waals surface area contributed by atoms with Crippen LogP contribution in [0.4, 0.5) is 0 Å². The molecule has 5 aliphatic rings. The van der Waals surface area contributed by atoms with Gasteiger partial charge in [-0.1, -0.05) is 36.4 Å². The number of ether oxygens (including phenoxy) is 5. The number of esters is 2. The summed E-state index contributed by atoms with van der Waals surface area (Å²) in [5.41, 5.74) is -2.79. The van der Waals surface area contributed by atoms with Crippen LogP contribution in [0.2, 0.25) is 0 Å². The number of hydrogen-bond donors (Lipinski definition) is 4. The van der Waals surface area contributed by atoms with Crippen LogP contribution < -0.4 is 0 Å². The lowest BCUT2D eigenvalue weighted by atomic mass is 9.39. The van der Waals surface area contributed by atoms with Crippen LogP contribution in [-0.2, 0) is 33.3 Å². The highest BCUT2D eigenvalue weighted by atomic mass is 16.8. The zero-order valence-electron chi connectivity index (χ0n) is 19.2. The molecule has 1 aliphatic carbocycles. The quantitative estimate of drug-likeness (QED) is 0.294. The standard InChI is InChI=1S/C25H28O11/c1-2-12-21-35-19-14(20(29)34-18-17(28)16(27)13(10-26)33-22(18)36-21)15(11-6-4-3-5-7-11)25(19)23(30)32-9-8-24(12,25)31/h2-7,12-19,21-22,26-28,31H,1,8-10H2/t12-,13+,14+,15+,16+,17-,18+,19+,21-,22-,24+,25-/m0/s1. The Kier molecular flexibility index (Phi) is 5.54. The van der Waals surface area contributed by atoms with Gasteiger partial charge in [-0.15, -0.1) is 6.58 Å². The number of benzene rings is 1. The molecular formula is C25H28O11. The van der Waals surface area contributed by atoms with Crippen LogP contribution in [0.5, 0.6) is 0 Å². The van der Waals surface area contributed by atoms with E-state index in [4.69, 9.17) is 23.7 Å². The lowest BCUT2D eigenvalue weighted by Crippen LogP contribution is -2.82. The molecule has 6 rings (SSSR count). The molecule has 36 heavy (non-hydrogen) atoms. The second-order valence-electron chi connectivity index (χ2n) is 10.0. The minimum absolute atomic E-state index is 0.0441. The predicted octanol–water partition coefficient (Wildman–Crippen LogP) is -1.03. The van der Waals surface area contributed by atoms with Crippen molar-refractivity contribution in [1.29, 1.82) is 0 Å². The fraction of sp³-hybridized carbons (Fsp3) is 0.600. The minimum atomic E-state index is -1.75. The average Bonchev–Trinajstić information content (AvgIpc) is 2.88. The third-order valence-electron chi connectivity index (χ3n) is 8.55. The van der Waals surface area contributed by atoms with Crippen molar-refractivity contribution in [2.75, 3.05) is 13.2 Å². The molecular weight excluding hydrogens is 476 g/mol. The maximum atomic E-state index is 13.6. The Hall–Kier alpha value is -2.38. The van der Waals surface area contributed by atoms with E-state index in [1.165, 1.54) is 6.08 Å². The average molecular weight is 504 g/mol. The van der Waals surface area contributed by atoms with Crippen molar-refractivity contribution in [3.8, 4) is 0 Å². The van der Waals surface area contributed by atoms with Crippen LogP contribution in [-0.4, -0.2) is 94.3 Å². The SMILES string of the molecule is C=C[C@H]1[C@@H]2O[C@@H]3O[C@H](CO)[C@@H](O)[C@H](O)[C@H]3OC(=O)[C@H]3[C@@H](O2)[C@]2(C(=O)OCC[C@@]12O)[C@@H]3c1ccccc1. The van der Waals surface area contributed by atoms with Crippen LogP contribution in [0.1, 0.15) is 17.9 Å². The minimum Gasteiger partial charge on any atom is -0.465 e. The number of aliphatic hydroxyl groups excluding tert-OH is 3. The maximum absolute atomic E-state index is 13.6. The Morgan fingerprint density at radius 2 is 1.81 bits per heavy atom. The molecule has 1 saturated carbocycles. The van der Waals surface area contributed by atoms with E-state index < -0.39 is 90.4 Å². The first kappa shape index (κ1) is 24.0. The molecule has 4 aliphatic heterocycles. The first-order valence-electron chi connectivity index (χ1n) is 12.0. The molecule has 1 spiro atoms. The number of hydrogen-bond acceptors (Lipinski definition) is 11. The number of carbonyl (C=O) groups excluding carboxylic acids is 2. The molecule has 1 aromatic carbocycles. The van der Waals surface area contributed by atoms with E-state index in [2.05, 4.69) is 6.58 Å². The highest BCUT2D eigenvalue weighted by molar-refractivity contribution is 5.90. The third-order valence-corrected chi connectivity index (χ3v) is 8.55. The maximum Gasteiger partial charge on any atom is 0.318 e. The highest BCUT2D eigenvalue weighted by Gasteiger charge is 2.84. The third kappa shape index (κ3) is 2.87. The van der Waals surface area contributed by atoms with E-state index in [1.54, 1.807) is 30.3 Å². The van der Waals surface area contributed by atoms with Gasteiger partial charge >= 0.3 is 11.9 Å². The van der Waals surface area contributed by atoms with Crippen LogP contribution in [0, 0.1) is 17.3 Å². The van der Waals surface area contributed by atoms with E-state index in [0.717, 1.165) is 0 Å². The number of carbonyl (C=O) groups is 2. The molecule has 0 unspecified atom stereocenters. The van der Waals surface area contributed by atoms with Gasteiger partial charge in [0.2, 0.25) is 6.29 Å². The summed E-state index contributed by atoms with van der Waals surface area (Å²) in [5, 5.41) is 43.1. The molecule has 1 aromatic rings. The topological polar surface area (TPSA) is 161 Å². The fourth-order valence-corrected chi connectivity index (χ4v) is 6.90. The Bertz CT molecular complexity index is 1060. The molecule has 11 heteroatoms. The molecule has 0 amide bonds. The van der Waals surface area contributed by atoms with Gasteiger partial charge in [0, 0.05) is 12.3 Å². The monoisotopic (exact) mass is 504 g/mol. The second kappa shape index (κ2) is 8.32. The molecule has 12 atom stereocenters. The Morgan fingerprint density at radius 3 is 2.50 bits per heavy atom. The normalized spacial score (nSPS) is 49.6. The smallest absolute Gasteiger partial charge is 0.318 e. The first-order valence-corrected chi connectivity index (χ1v) is 12.0. The summed E-state index contributed by atoms with van der Waals surface area (Å²) in [5.74, 6) is -4.38. The van der Waals surface area contributed by atoms with E-state index >= 15 is 0 Å². The van der Waals surface area contributed by atoms with Gasteiger partial charge in [0.15, 0.2) is 12.4 Å². The zero-order valence-corrected chi connectivity index (χ0v) is 19.2. The van der Waals surface area contributed by atoms with Gasteiger partial charge in [-0.2, -0.15) is 0 Å². The van der Waals surface area contributed by atoms with Crippen molar-refractivity contribution in [1.82, 2.24) is 0 Å². The van der Waals surface area contributed by atoms with E-state index in [1.807, 2.05) is 0 Å². The predicted molar refractivity (Wildman–Crippen MR) is 117 cm³/mol. The van der Waals surface area contributed by atoms with Crippen LogP contribution in [0.3, 0.4) is 0 Å². The molecule has 0 aromatic heterocycles. The van der Waals surface area contributed by atoms with Gasteiger partial charge in [-0.25, -0.2) is 0 Å². The molecule has 2 bridgehead atoms. The fourth-order valence-electron chi connectivity index (χ4n) is 6.90. The van der Waals surface area contributed by atoms with Gasteiger partial charge in [0.1, 0.15) is 23.7 Å². The lowest BCUT2D eigenvalue weighted by Gasteiger charge is -2.69. The summed E-state index contributed by atoms with van der Waals surface area (Å²) in [4.78, 5) is 27.2. The Morgan fingerprint density at radius 1 is 1.06 bits per heavy atom. The zero-order chi connectivity index (χ0) is 25.4. The summed E-state index contributed by atoms with van der Waals surface area (Å²) in [6.07, 6.45) is -8.21. The molecule has 11 nitrogen and oxygen atoms in total. The number of fused-ring (bicyclic) bond motifs is 2. The number of cyclic esters (lactones) is 1. The number of rotatable bonds is 3. The largest absolute Gasteiger partial charge is 0.465 e. The van der Waals surface area contributed by atoms with E-state index in [0.29, 0.717) is 5.56 Å². The highest BCUT2D eigenvalue weighted by Crippen LogP contribution is 2.70. The molecule has 4 saturated heterocycles. The number of aliphatic hydroxyl groups is 4. The van der Waals surface area contributed by atoms with Crippen molar-refractivity contribution >= 4 is 11.9 Å². The van der Waals surface area contributed by atoms with Crippen molar-refractivity contribution in [3.63, 3.8) is 0 Å². The van der Waals surface area contributed by atoms with Crippen LogP contribution >= 0.6 is 0 Å². The summed E-state index contributed by atoms with van der Waals surface area (Å²) in [6.45, 7) is 3.18. The van der Waals surface area contributed by atoms with Gasteiger partial charge in [-0.3, -0.25) is 9.59 Å².